The molecule has 0 fully saturated rings. The Bertz CT molecular complexity index is 778. The summed E-state index contributed by atoms with van der Waals surface area (Å²) in [5.41, 5.74) is 9.63. The number of benzene rings is 1. The van der Waals surface area contributed by atoms with Crippen LogP contribution in [0.3, 0.4) is 0 Å². The van der Waals surface area contributed by atoms with Gasteiger partial charge in [-0.25, -0.2) is 4.98 Å². The maximum atomic E-state index is 6.30. The maximum Gasteiger partial charge on any atom is 0.0962 e. The fourth-order valence-corrected chi connectivity index (χ4v) is 3.08. The SMILES string of the molecule is CC(c1ccc[nH]1)n1cnc(-c2ccc(Cl)cc2Cl)c1CN. The highest BCUT2D eigenvalue weighted by molar-refractivity contribution is 6.36. The standard InChI is InChI=1S/C16H16Cl2N4/c1-10(14-3-2-6-20-14)22-9-21-16(15(22)8-19)12-5-4-11(17)7-13(12)18/h2-7,9-10,20H,8,19H2,1H3. The number of H-pyrrole nitrogens is 1. The summed E-state index contributed by atoms with van der Waals surface area (Å²) in [6.07, 6.45) is 3.70. The molecule has 1 unspecified atom stereocenters. The van der Waals surface area contributed by atoms with E-state index in [1.54, 1.807) is 18.5 Å². The molecule has 0 amide bonds. The molecule has 0 spiro atoms. The molecule has 0 saturated heterocycles. The van der Waals surface area contributed by atoms with Gasteiger partial charge >= 0.3 is 0 Å². The van der Waals surface area contributed by atoms with Crippen molar-refractivity contribution in [2.45, 2.75) is 19.5 Å². The Kier molecular flexibility index (Phi) is 4.25. The number of nitrogens with two attached hydrogens (primary N) is 1. The Balaban J connectivity index is 2.07. The molecule has 0 bridgehead atoms. The predicted octanol–water partition coefficient (Wildman–Crippen LogP) is 4.25. The van der Waals surface area contributed by atoms with Crippen LogP contribution in [-0.2, 0) is 6.54 Å². The second-order valence-electron chi connectivity index (χ2n) is 5.08. The van der Waals surface area contributed by atoms with Crippen molar-refractivity contribution >= 4 is 23.2 Å². The number of halogens is 2. The van der Waals surface area contributed by atoms with Gasteiger partial charge in [-0.3, -0.25) is 0 Å². The molecule has 114 valence electrons. The molecule has 4 nitrogen and oxygen atoms in total. The minimum Gasteiger partial charge on any atom is -0.363 e. The minimum absolute atomic E-state index is 0.112. The van der Waals surface area contributed by atoms with Gasteiger partial charge in [-0.2, -0.15) is 0 Å². The van der Waals surface area contributed by atoms with Gasteiger partial charge in [0, 0.05) is 29.0 Å². The Morgan fingerprint density at radius 1 is 1.32 bits per heavy atom. The monoisotopic (exact) mass is 334 g/mol. The average Bonchev–Trinajstić information content (AvgIpc) is 3.16. The number of hydrogen-bond acceptors (Lipinski definition) is 2. The number of nitrogens with zero attached hydrogens (tertiary/aromatic N) is 2. The Morgan fingerprint density at radius 2 is 2.14 bits per heavy atom. The van der Waals surface area contributed by atoms with E-state index >= 15 is 0 Å². The highest BCUT2D eigenvalue weighted by Gasteiger charge is 2.18. The molecule has 2 heterocycles. The Morgan fingerprint density at radius 3 is 2.77 bits per heavy atom. The van der Waals surface area contributed by atoms with Gasteiger partial charge in [0.05, 0.1) is 28.8 Å². The van der Waals surface area contributed by atoms with E-state index < -0.39 is 0 Å². The fourth-order valence-electron chi connectivity index (χ4n) is 2.58. The molecular formula is C16H16Cl2N4. The van der Waals surface area contributed by atoms with Crippen molar-refractivity contribution in [2.75, 3.05) is 0 Å². The normalized spacial score (nSPS) is 12.5. The number of hydrogen-bond donors (Lipinski definition) is 2. The van der Waals surface area contributed by atoms with Gasteiger partial charge in [-0.05, 0) is 37.3 Å². The van der Waals surface area contributed by atoms with E-state index in [9.17, 15) is 0 Å². The number of imidazole rings is 1. The molecule has 3 rings (SSSR count). The lowest BCUT2D eigenvalue weighted by atomic mass is 10.1. The minimum atomic E-state index is 0.112. The number of aromatic nitrogens is 3. The lowest BCUT2D eigenvalue weighted by Gasteiger charge is -2.16. The van der Waals surface area contributed by atoms with Gasteiger partial charge in [-0.15, -0.1) is 0 Å². The summed E-state index contributed by atoms with van der Waals surface area (Å²) >= 11 is 12.3. The number of nitrogens with one attached hydrogen (secondary N) is 1. The molecule has 0 saturated carbocycles. The van der Waals surface area contributed by atoms with Crippen LogP contribution >= 0.6 is 23.2 Å². The molecule has 0 radical (unpaired) electrons. The van der Waals surface area contributed by atoms with Crippen molar-refractivity contribution in [3.63, 3.8) is 0 Å². The first-order valence-corrected chi connectivity index (χ1v) is 7.72. The molecule has 3 N–H and O–H groups in total. The van der Waals surface area contributed by atoms with Crippen molar-refractivity contribution in [3.05, 3.63) is 64.3 Å². The zero-order valence-corrected chi connectivity index (χ0v) is 13.6. The molecule has 0 aliphatic rings. The lowest BCUT2D eigenvalue weighted by molar-refractivity contribution is 0.597. The topological polar surface area (TPSA) is 59.6 Å². The first kappa shape index (κ1) is 15.2. The van der Waals surface area contributed by atoms with Crippen LogP contribution in [-0.4, -0.2) is 14.5 Å². The van der Waals surface area contributed by atoms with Crippen LogP contribution in [0.15, 0.2) is 42.9 Å². The van der Waals surface area contributed by atoms with E-state index in [0.717, 1.165) is 22.6 Å². The van der Waals surface area contributed by atoms with Crippen LogP contribution in [0.4, 0.5) is 0 Å². The molecule has 1 aromatic carbocycles. The van der Waals surface area contributed by atoms with E-state index in [2.05, 4.69) is 21.5 Å². The Labute approximate surface area is 138 Å². The van der Waals surface area contributed by atoms with Crippen LogP contribution in [0.2, 0.25) is 10.0 Å². The first-order chi connectivity index (χ1) is 10.6. The van der Waals surface area contributed by atoms with Gasteiger partial charge < -0.3 is 15.3 Å². The lowest BCUT2D eigenvalue weighted by Crippen LogP contribution is -2.13. The van der Waals surface area contributed by atoms with Crippen molar-refractivity contribution in [2.24, 2.45) is 5.73 Å². The van der Waals surface area contributed by atoms with Gasteiger partial charge in [-0.1, -0.05) is 23.2 Å². The summed E-state index contributed by atoms with van der Waals surface area (Å²) in [6.45, 7) is 2.47. The molecule has 22 heavy (non-hydrogen) atoms. The third-order valence-electron chi connectivity index (χ3n) is 3.77. The molecule has 0 aliphatic heterocycles. The molecule has 2 aromatic heterocycles. The zero-order valence-electron chi connectivity index (χ0n) is 12.1. The van der Waals surface area contributed by atoms with Gasteiger partial charge in [0.25, 0.3) is 0 Å². The third-order valence-corrected chi connectivity index (χ3v) is 4.31. The van der Waals surface area contributed by atoms with Crippen molar-refractivity contribution in [3.8, 4) is 11.3 Å². The van der Waals surface area contributed by atoms with Crippen molar-refractivity contribution in [1.29, 1.82) is 0 Å². The largest absolute Gasteiger partial charge is 0.363 e. The summed E-state index contributed by atoms with van der Waals surface area (Å²) in [5, 5.41) is 1.17. The fraction of sp³-hybridized carbons (Fsp3) is 0.188. The van der Waals surface area contributed by atoms with Gasteiger partial charge in [0.15, 0.2) is 0 Å². The predicted molar refractivity (Wildman–Crippen MR) is 90.2 cm³/mol. The van der Waals surface area contributed by atoms with E-state index in [4.69, 9.17) is 28.9 Å². The smallest absolute Gasteiger partial charge is 0.0962 e. The summed E-state index contributed by atoms with van der Waals surface area (Å²) in [7, 11) is 0. The Hall–Kier alpha value is -1.75. The summed E-state index contributed by atoms with van der Waals surface area (Å²) in [5.74, 6) is 0. The van der Waals surface area contributed by atoms with E-state index in [1.807, 2.05) is 24.4 Å². The first-order valence-electron chi connectivity index (χ1n) is 6.96. The number of aromatic amines is 1. The molecule has 6 heteroatoms. The maximum absolute atomic E-state index is 6.30. The molecule has 1 atom stereocenters. The van der Waals surface area contributed by atoms with E-state index in [1.165, 1.54) is 0 Å². The summed E-state index contributed by atoms with van der Waals surface area (Å²) < 4.78 is 2.06. The quantitative estimate of drug-likeness (QED) is 0.749. The van der Waals surface area contributed by atoms with Gasteiger partial charge in [0.2, 0.25) is 0 Å². The third kappa shape index (κ3) is 2.65. The second kappa shape index (κ2) is 6.16. The van der Waals surface area contributed by atoms with Gasteiger partial charge in [0.1, 0.15) is 0 Å². The highest BCUT2D eigenvalue weighted by atomic mass is 35.5. The highest BCUT2D eigenvalue weighted by Crippen LogP contribution is 2.33. The van der Waals surface area contributed by atoms with Crippen molar-refractivity contribution in [1.82, 2.24) is 14.5 Å². The van der Waals surface area contributed by atoms with E-state index in [-0.39, 0.29) is 6.04 Å². The van der Waals surface area contributed by atoms with Crippen LogP contribution < -0.4 is 5.73 Å². The average molecular weight is 335 g/mol. The molecular weight excluding hydrogens is 319 g/mol. The van der Waals surface area contributed by atoms with Crippen molar-refractivity contribution < 1.29 is 0 Å². The van der Waals surface area contributed by atoms with E-state index in [0.29, 0.717) is 16.6 Å². The summed E-state index contributed by atoms with van der Waals surface area (Å²) in [4.78, 5) is 7.74. The van der Waals surface area contributed by atoms with Crippen LogP contribution in [0.1, 0.15) is 24.4 Å². The van der Waals surface area contributed by atoms with Crippen LogP contribution in [0.5, 0.6) is 0 Å². The second-order valence-corrected chi connectivity index (χ2v) is 5.92. The molecule has 0 aliphatic carbocycles. The van der Waals surface area contributed by atoms with Crippen LogP contribution in [0, 0.1) is 0 Å². The molecule has 3 aromatic rings. The zero-order chi connectivity index (χ0) is 15.7. The number of rotatable bonds is 4. The van der Waals surface area contributed by atoms with Crippen LogP contribution in [0.25, 0.3) is 11.3 Å². The summed E-state index contributed by atoms with van der Waals surface area (Å²) in [6, 6.07) is 9.51.